The Labute approximate surface area is 205 Å². The number of nitrogens with zero attached hydrogens (tertiary/aromatic N) is 3. The lowest BCUT2D eigenvalue weighted by Crippen LogP contribution is -2.63. The highest BCUT2D eigenvalue weighted by Crippen LogP contribution is 2.41. The van der Waals surface area contributed by atoms with Gasteiger partial charge < -0.3 is 19.5 Å². The standard InChI is InChI=1S/C28H32N4O3/c33-26-19-31(13-12-30-14-16-35-17-15-30)28(34)25-18-22-21-8-4-5-9-23(21)29-27(22)24(32(25)26)11-10-20-6-2-1-3-7-20/h1-9,24-25,29H,10-19H2. The maximum Gasteiger partial charge on any atom is 0.246 e. The third-order valence-electron chi connectivity index (χ3n) is 7.80. The molecule has 35 heavy (non-hydrogen) atoms. The molecule has 2 aromatic carbocycles. The van der Waals surface area contributed by atoms with Crippen molar-refractivity contribution in [3.8, 4) is 0 Å². The highest BCUT2D eigenvalue weighted by molar-refractivity contribution is 5.97. The SMILES string of the molecule is O=C1C2Cc3c([nH]c4ccccc34)C(CCc3ccccc3)N2C(=O)CN1CCN1CCOCC1. The largest absolute Gasteiger partial charge is 0.379 e. The van der Waals surface area contributed by atoms with Crippen LogP contribution in [0.2, 0.25) is 0 Å². The van der Waals surface area contributed by atoms with Gasteiger partial charge in [0.2, 0.25) is 11.8 Å². The second kappa shape index (κ2) is 9.47. The summed E-state index contributed by atoms with van der Waals surface area (Å²) in [6.45, 7) is 4.76. The molecule has 2 unspecified atom stereocenters. The molecular formula is C28H32N4O3. The van der Waals surface area contributed by atoms with Crippen LogP contribution in [0.5, 0.6) is 0 Å². The Bertz CT molecular complexity index is 1220. The topological polar surface area (TPSA) is 68.9 Å². The number of aryl methyl sites for hydroxylation is 1. The molecule has 2 fully saturated rings. The number of ether oxygens (including phenoxy) is 1. The first-order valence-corrected chi connectivity index (χ1v) is 12.7. The van der Waals surface area contributed by atoms with E-state index < -0.39 is 6.04 Å². The number of para-hydroxylation sites is 1. The zero-order valence-corrected chi connectivity index (χ0v) is 20.0. The minimum atomic E-state index is -0.437. The molecule has 0 spiro atoms. The Morgan fingerprint density at radius 3 is 2.54 bits per heavy atom. The Kier molecular flexibility index (Phi) is 6.04. The van der Waals surface area contributed by atoms with Crippen molar-refractivity contribution < 1.29 is 14.3 Å². The van der Waals surface area contributed by atoms with Gasteiger partial charge in [0, 0.05) is 49.2 Å². The van der Waals surface area contributed by atoms with Crippen LogP contribution in [0.4, 0.5) is 0 Å². The number of aromatic nitrogens is 1. The Balaban J connectivity index is 1.29. The number of amides is 2. The average Bonchev–Trinajstić information content (AvgIpc) is 3.28. The normalized spacial score (nSPS) is 23.0. The van der Waals surface area contributed by atoms with E-state index in [2.05, 4.69) is 46.3 Å². The lowest BCUT2D eigenvalue weighted by Gasteiger charge is -2.47. The monoisotopic (exact) mass is 472 g/mol. The molecule has 7 heteroatoms. The first-order valence-electron chi connectivity index (χ1n) is 12.7. The second-order valence-corrected chi connectivity index (χ2v) is 9.84. The molecule has 1 N–H and O–H groups in total. The van der Waals surface area contributed by atoms with E-state index in [1.54, 1.807) is 4.90 Å². The number of nitrogens with one attached hydrogen (secondary N) is 1. The summed E-state index contributed by atoms with van der Waals surface area (Å²) < 4.78 is 5.44. The van der Waals surface area contributed by atoms with Crippen molar-refractivity contribution in [2.24, 2.45) is 0 Å². The first-order chi connectivity index (χ1) is 17.2. The van der Waals surface area contributed by atoms with Crippen LogP contribution in [0.1, 0.15) is 29.3 Å². The van der Waals surface area contributed by atoms with Gasteiger partial charge >= 0.3 is 0 Å². The number of carbonyl (C=O) groups is 2. The van der Waals surface area contributed by atoms with Gasteiger partial charge in [-0.3, -0.25) is 14.5 Å². The fourth-order valence-electron chi connectivity index (χ4n) is 5.97. The highest BCUT2D eigenvalue weighted by Gasteiger charge is 2.47. The smallest absolute Gasteiger partial charge is 0.246 e. The van der Waals surface area contributed by atoms with E-state index in [0.717, 1.165) is 62.3 Å². The maximum absolute atomic E-state index is 13.7. The second-order valence-electron chi connectivity index (χ2n) is 9.84. The summed E-state index contributed by atoms with van der Waals surface area (Å²) in [7, 11) is 0. The minimum absolute atomic E-state index is 0.0546. The zero-order valence-electron chi connectivity index (χ0n) is 20.0. The van der Waals surface area contributed by atoms with Crippen molar-refractivity contribution in [2.75, 3.05) is 45.9 Å². The lowest BCUT2D eigenvalue weighted by molar-refractivity contribution is -0.160. The van der Waals surface area contributed by atoms with Crippen LogP contribution in [0.3, 0.4) is 0 Å². The Hall–Kier alpha value is -3.16. The van der Waals surface area contributed by atoms with Crippen LogP contribution in [-0.2, 0) is 27.2 Å². The number of rotatable bonds is 6. The van der Waals surface area contributed by atoms with Gasteiger partial charge in [-0.05, 0) is 30.0 Å². The van der Waals surface area contributed by atoms with E-state index in [0.29, 0.717) is 13.0 Å². The van der Waals surface area contributed by atoms with Crippen molar-refractivity contribution in [1.82, 2.24) is 19.7 Å². The molecule has 4 heterocycles. The van der Waals surface area contributed by atoms with Crippen molar-refractivity contribution in [3.05, 3.63) is 71.4 Å². The third-order valence-corrected chi connectivity index (χ3v) is 7.80. The fraction of sp³-hybridized carbons (Fsp3) is 0.429. The summed E-state index contributed by atoms with van der Waals surface area (Å²) in [6, 6.07) is 18.1. The third kappa shape index (κ3) is 4.23. The van der Waals surface area contributed by atoms with Crippen LogP contribution in [0, 0.1) is 0 Å². The van der Waals surface area contributed by atoms with Crippen LogP contribution >= 0.6 is 0 Å². The van der Waals surface area contributed by atoms with Crippen LogP contribution in [0.15, 0.2) is 54.6 Å². The fourth-order valence-corrected chi connectivity index (χ4v) is 5.97. The van der Waals surface area contributed by atoms with Crippen LogP contribution in [0.25, 0.3) is 10.9 Å². The number of hydrogen-bond acceptors (Lipinski definition) is 4. The molecule has 0 radical (unpaired) electrons. The van der Waals surface area contributed by atoms with Gasteiger partial charge in [-0.1, -0.05) is 48.5 Å². The summed E-state index contributed by atoms with van der Waals surface area (Å²) in [4.78, 5) is 36.9. The number of piperazine rings is 1. The van der Waals surface area contributed by atoms with Gasteiger partial charge in [-0.15, -0.1) is 0 Å². The maximum atomic E-state index is 13.7. The van der Waals surface area contributed by atoms with Crippen LogP contribution in [-0.4, -0.2) is 83.5 Å². The molecule has 0 bridgehead atoms. The molecule has 3 aliphatic heterocycles. The molecule has 182 valence electrons. The van der Waals surface area contributed by atoms with E-state index in [1.807, 2.05) is 23.1 Å². The summed E-state index contributed by atoms with van der Waals surface area (Å²) in [5.41, 5.74) is 4.61. The van der Waals surface area contributed by atoms with Crippen molar-refractivity contribution in [1.29, 1.82) is 0 Å². The summed E-state index contributed by atoms with van der Waals surface area (Å²) >= 11 is 0. The van der Waals surface area contributed by atoms with Gasteiger partial charge in [0.25, 0.3) is 0 Å². The number of carbonyl (C=O) groups excluding carboxylic acids is 2. The molecule has 1 aromatic heterocycles. The average molecular weight is 473 g/mol. The molecule has 0 aliphatic carbocycles. The van der Waals surface area contributed by atoms with Crippen LogP contribution < -0.4 is 0 Å². The van der Waals surface area contributed by atoms with Gasteiger partial charge in [-0.25, -0.2) is 0 Å². The summed E-state index contributed by atoms with van der Waals surface area (Å²) in [5.74, 6) is 0.137. The molecule has 0 saturated carbocycles. The Morgan fingerprint density at radius 1 is 0.943 bits per heavy atom. The zero-order chi connectivity index (χ0) is 23.8. The lowest BCUT2D eigenvalue weighted by atomic mass is 9.87. The first kappa shape index (κ1) is 22.3. The molecule has 6 rings (SSSR count). The van der Waals surface area contributed by atoms with Gasteiger partial charge in [0.15, 0.2) is 0 Å². The predicted molar refractivity (Wildman–Crippen MR) is 134 cm³/mol. The van der Waals surface area contributed by atoms with Gasteiger partial charge in [0.05, 0.1) is 25.8 Å². The Morgan fingerprint density at radius 2 is 1.71 bits per heavy atom. The van der Waals surface area contributed by atoms with Gasteiger partial charge in [-0.2, -0.15) is 0 Å². The number of H-pyrrole nitrogens is 1. The number of hydrogen-bond donors (Lipinski definition) is 1. The number of benzene rings is 2. The molecule has 2 amide bonds. The number of aromatic amines is 1. The number of morpholine rings is 1. The van der Waals surface area contributed by atoms with E-state index in [-0.39, 0.29) is 24.4 Å². The molecule has 7 nitrogen and oxygen atoms in total. The molecular weight excluding hydrogens is 440 g/mol. The van der Waals surface area contributed by atoms with E-state index >= 15 is 0 Å². The van der Waals surface area contributed by atoms with Crippen molar-refractivity contribution in [3.63, 3.8) is 0 Å². The van der Waals surface area contributed by atoms with Crippen molar-refractivity contribution >= 4 is 22.7 Å². The molecule has 2 saturated heterocycles. The minimum Gasteiger partial charge on any atom is -0.379 e. The predicted octanol–water partition coefficient (Wildman–Crippen LogP) is 2.77. The molecule has 3 aromatic rings. The highest BCUT2D eigenvalue weighted by atomic mass is 16.5. The quantitative estimate of drug-likeness (QED) is 0.599. The van der Waals surface area contributed by atoms with Crippen molar-refractivity contribution in [2.45, 2.75) is 31.3 Å². The van der Waals surface area contributed by atoms with E-state index in [4.69, 9.17) is 4.74 Å². The molecule has 2 atom stereocenters. The van der Waals surface area contributed by atoms with E-state index in [9.17, 15) is 9.59 Å². The van der Waals surface area contributed by atoms with Gasteiger partial charge in [0.1, 0.15) is 6.04 Å². The summed E-state index contributed by atoms with van der Waals surface area (Å²) in [6.07, 6.45) is 2.21. The number of fused-ring (bicyclic) bond motifs is 4. The molecule has 3 aliphatic rings. The van der Waals surface area contributed by atoms with E-state index in [1.165, 1.54) is 11.1 Å². The summed E-state index contributed by atoms with van der Waals surface area (Å²) in [5, 5.41) is 1.16.